The van der Waals surface area contributed by atoms with Gasteiger partial charge in [0.25, 0.3) is 11.8 Å². The smallest absolute Gasteiger partial charge is 0.262 e. The van der Waals surface area contributed by atoms with Gasteiger partial charge in [-0.05, 0) is 35.4 Å². The Kier molecular flexibility index (Phi) is 5.96. The van der Waals surface area contributed by atoms with Crippen molar-refractivity contribution in [3.63, 3.8) is 0 Å². The fourth-order valence-electron chi connectivity index (χ4n) is 1.73. The SMILES string of the molecule is O=C(C=Cc1ccccc1)NNC(=O)/C=C/c1ccc(F)c(F)c1. The first kappa shape index (κ1) is 17.1. The molecule has 2 aromatic rings. The Balaban J connectivity index is 1.82. The van der Waals surface area contributed by atoms with Gasteiger partial charge in [-0.1, -0.05) is 36.4 Å². The molecule has 6 heteroatoms. The van der Waals surface area contributed by atoms with Crippen LogP contribution in [0.5, 0.6) is 0 Å². The Bertz CT molecular complexity index is 787. The topological polar surface area (TPSA) is 58.2 Å². The lowest BCUT2D eigenvalue weighted by Crippen LogP contribution is -2.39. The monoisotopic (exact) mass is 328 g/mol. The van der Waals surface area contributed by atoms with Crippen LogP contribution in [-0.4, -0.2) is 11.8 Å². The summed E-state index contributed by atoms with van der Waals surface area (Å²) in [5.74, 6) is -3.08. The number of hydrazine groups is 1. The molecule has 0 fully saturated rings. The lowest BCUT2D eigenvalue weighted by Gasteiger charge is -2.02. The van der Waals surface area contributed by atoms with Crippen LogP contribution in [0.25, 0.3) is 12.2 Å². The number of nitrogens with one attached hydrogen (secondary N) is 2. The van der Waals surface area contributed by atoms with Gasteiger partial charge >= 0.3 is 0 Å². The fourth-order valence-corrected chi connectivity index (χ4v) is 1.73. The summed E-state index contributed by atoms with van der Waals surface area (Å²) in [5, 5.41) is 0. The number of amides is 2. The summed E-state index contributed by atoms with van der Waals surface area (Å²) in [4.78, 5) is 23.1. The predicted molar refractivity (Wildman–Crippen MR) is 87.2 cm³/mol. The Morgan fingerprint density at radius 1 is 0.750 bits per heavy atom. The van der Waals surface area contributed by atoms with Crippen molar-refractivity contribution in [2.24, 2.45) is 0 Å². The van der Waals surface area contributed by atoms with E-state index >= 15 is 0 Å². The van der Waals surface area contributed by atoms with Crippen LogP contribution in [-0.2, 0) is 9.59 Å². The molecular weight excluding hydrogens is 314 g/mol. The van der Waals surface area contributed by atoms with Crippen LogP contribution in [0.4, 0.5) is 8.78 Å². The molecule has 0 bridgehead atoms. The maximum absolute atomic E-state index is 13.0. The molecule has 2 amide bonds. The molecule has 0 saturated carbocycles. The third kappa shape index (κ3) is 5.49. The third-order valence-corrected chi connectivity index (χ3v) is 2.91. The van der Waals surface area contributed by atoms with Crippen molar-refractivity contribution in [2.75, 3.05) is 0 Å². The lowest BCUT2D eigenvalue weighted by atomic mass is 10.2. The summed E-state index contributed by atoms with van der Waals surface area (Å²) in [6.45, 7) is 0. The number of carbonyl (C=O) groups excluding carboxylic acids is 2. The van der Waals surface area contributed by atoms with E-state index in [1.165, 1.54) is 18.2 Å². The quantitative estimate of drug-likeness (QED) is 0.670. The molecule has 2 N–H and O–H groups in total. The predicted octanol–water partition coefficient (Wildman–Crippen LogP) is 2.84. The van der Waals surface area contributed by atoms with Crippen LogP contribution < -0.4 is 10.9 Å². The summed E-state index contributed by atoms with van der Waals surface area (Å²) in [6.07, 6.45) is 5.25. The minimum atomic E-state index is -1.00. The van der Waals surface area contributed by atoms with Gasteiger partial charge < -0.3 is 0 Å². The van der Waals surface area contributed by atoms with Crippen LogP contribution >= 0.6 is 0 Å². The molecule has 0 aromatic heterocycles. The Labute approximate surface area is 137 Å². The molecule has 24 heavy (non-hydrogen) atoms. The highest BCUT2D eigenvalue weighted by Crippen LogP contribution is 2.09. The van der Waals surface area contributed by atoms with Gasteiger partial charge in [0.05, 0.1) is 0 Å². The van der Waals surface area contributed by atoms with Crippen LogP contribution in [0.1, 0.15) is 11.1 Å². The standard InChI is InChI=1S/C18H14F2N2O2/c19-15-9-6-14(12-16(15)20)8-11-18(24)22-21-17(23)10-7-13-4-2-1-3-5-13/h1-12H,(H,21,23)(H,22,24)/b10-7?,11-8+. The van der Waals surface area contributed by atoms with Crippen molar-refractivity contribution in [3.8, 4) is 0 Å². The van der Waals surface area contributed by atoms with Gasteiger partial charge in [0.15, 0.2) is 11.6 Å². The maximum atomic E-state index is 13.0. The number of rotatable bonds is 4. The second-order valence-corrected chi connectivity index (χ2v) is 4.73. The molecule has 122 valence electrons. The molecule has 2 rings (SSSR count). The fraction of sp³-hybridized carbons (Fsp3) is 0. The maximum Gasteiger partial charge on any atom is 0.262 e. The zero-order valence-corrected chi connectivity index (χ0v) is 12.5. The van der Waals surface area contributed by atoms with Crippen molar-refractivity contribution in [1.82, 2.24) is 10.9 Å². The zero-order chi connectivity index (χ0) is 17.4. The normalized spacial score (nSPS) is 10.9. The molecule has 0 unspecified atom stereocenters. The Morgan fingerprint density at radius 3 is 1.92 bits per heavy atom. The molecule has 4 nitrogen and oxygen atoms in total. The molecule has 0 saturated heterocycles. The van der Waals surface area contributed by atoms with E-state index in [0.717, 1.165) is 23.8 Å². The number of hydrogen-bond donors (Lipinski definition) is 2. The highest BCUT2D eigenvalue weighted by atomic mass is 19.2. The molecular formula is C18H14F2N2O2. The lowest BCUT2D eigenvalue weighted by molar-refractivity contribution is -0.123. The van der Waals surface area contributed by atoms with E-state index in [-0.39, 0.29) is 0 Å². The van der Waals surface area contributed by atoms with Gasteiger partial charge in [-0.3, -0.25) is 20.4 Å². The van der Waals surface area contributed by atoms with Gasteiger partial charge in [0, 0.05) is 12.2 Å². The number of halogens is 2. The minimum Gasteiger partial charge on any atom is -0.268 e. The van der Waals surface area contributed by atoms with Crippen LogP contribution in [0.2, 0.25) is 0 Å². The first-order valence-corrected chi connectivity index (χ1v) is 7.01. The molecule has 2 aromatic carbocycles. The summed E-state index contributed by atoms with van der Waals surface area (Å²) in [5.41, 5.74) is 5.53. The largest absolute Gasteiger partial charge is 0.268 e. The molecule has 0 spiro atoms. The van der Waals surface area contributed by atoms with Crippen LogP contribution in [0, 0.1) is 11.6 Å². The molecule has 0 atom stereocenters. The van der Waals surface area contributed by atoms with E-state index in [1.54, 1.807) is 6.08 Å². The van der Waals surface area contributed by atoms with Crippen LogP contribution in [0.3, 0.4) is 0 Å². The Hall–Kier alpha value is -3.28. The van der Waals surface area contributed by atoms with Crippen molar-refractivity contribution in [1.29, 1.82) is 0 Å². The second-order valence-electron chi connectivity index (χ2n) is 4.73. The number of hydrogen-bond acceptors (Lipinski definition) is 2. The van der Waals surface area contributed by atoms with Gasteiger partial charge in [-0.2, -0.15) is 0 Å². The van der Waals surface area contributed by atoms with E-state index in [0.29, 0.717) is 5.56 Å². The summed E-state index contributed by atoms with van der Waals surface area (Å²) < 4.78 is 25.8. The first-order chi connectivity index (χ1) is 11.5. The minimum absolute atomic E-state index is 0.319. The van der Waals surface area contributed by atoms with E-state index < -0.39 is 23.4 Å². The molecule has 0 aliphatic heterocycles. The number of carbonyl (C=O) groups is 2. The van der Waals surface area contributed by atoms with Crippen molar-refractivity contribution in [3.05, 3.63) is 83.4 Å². The second kappa shape index (κ2) is 8.38. The molecule has 0 heterocycles. The van der Waals surface area contributed by atoms with Crippen molar-refractivity contribution >= 4 is 24.0 Å². The van der Waals surface area contributed by atoms with E-state index in [4.69, 9.17) is 0 Å². The van der Waals surface area contributed by atoms with Gasteiger partial charge in [0.1, 0.15) is 0 Å². The summed E-state index contributed by atoms with van der Waals surface area (Å²) in [7, 11) is 0. The molecule has 0 radical (unpaired) electrons. The average Bonchev–Trinajstić information content (AvgIpc) is 2.60. The van der Waals surface area contributed by atoms with Crippen molar-refractivity contribution < 1.29 is 18.4 Å². The van der Waals surface area contributed by atoms with Gasteiger partial charge in [-0.25, -0.2) is 8.78 Å². The third-order valence-electron chi connectivity index (χ3n) is 2.91. The Morgan fingerprint density at radius 2 is 1.33 bits per heavy atom. The highest BCUT2D eigenvalue weighted by Gasteiger charge is 2.01. The highest BCUT2D eigenvalue weighted by molar-refractivity contribution is 5.96. The van der Waals surface area contributed by atoms with Gasteiger partial charge in [0.2, 0.25) is 0 Å². The van der Waals surface area contributed by atoms with E-state index in [1.807, 2.05) is 30.3 Å². The van der Waals surface area contributed by atoms with E-state index in [2.05, 4.69) is 10.9 Å². The molecule has 0 aliphatic rings. The average molecular weight is 328 g/mol. The van der Waals surface area contributed by atoms with Crippen LogP contribution in [0.15, 0.2) is 60.7 Å². The van der Waals surface area contributed by atoms with E-state index in [9.17, 15) is 18.4 Å². The van der Waals surface area contributed by atoms with Gasteiger partial charge in [-0.15, -0.1) is 0 Å². The molecule has 0 aliphatic carbocycles. The first-order valence-electron chi connectivity index (χ1n) is 7.01. The van der Waals surface area contributed by atoms with Crippen molar-refractivity contribution in [2.45, 2.75) is 0 Å². The number of benzene rings is 2. The summed E-state index contributed by atoms with van der Waals surface area (Å²) >= 11 is 0. The summed E-state index contributed by atoms with van der Waals surface area (Å²) in [6, 6.07) is 12.4. The zero-order valence-electron chi connectivity index (χ0n) is 12.5.